The molecule has 1 aliphatic rings. The molecule has 1 fully saturated rings. The fraction of sp³-hybridized carbons (Fsp3) is 0.818. The van der Waals surface area contributed by atoms with Crippen LogP contribution in [0.5, 0.6) is 0 Å². The first-order valence-corrected chi connectivity index (χ1v) is 5.11. The lowest BCUT2D eigenvalue weighted by Gasteiger charge is -2.20. The Morgan fingerprint density at radius 1 is 1.62 bits per heavy atom. The highest BCUT2D eigenvalue weighted by molar-refractivity contribution is 4.86. The van der Waals surface area contributed by atoms with Crippen LogP contribution in [0.25, 0.3) is 0 Å². The Hall–Kier alpha value is -0.340. The van der Waals surface area contributed by atoms with Crippen LogP contribution < -0.4 is 0 Å². The van der Waals surface area contributed by atoms with E-state index < -0.39 is 0 Å². The minimum atomic E-state index is -0.280. The van der Waals surface area contributed by atoms with Crippen molar-refractivity contribution in [3.05, 3.63) is 12.7 Å². The fourth-order valence-electron chi connectivity index (χ4n) is 1.72. The first-order chi connectivity index (χ1) is 6.29. The third-order valence-electron chi connectivity index (χ3n) is 2.65. The van der Waals surface area contributed by atoms with Crippen LogP contribution in [0.2, 0.25) is 0 Å². The van der Waals surface area contributed by atoms with Gasteiger partial charge in [0.05, 0.1) is 12.2 Å². The molecule has 0 heterocycles. The summed E-state index contributed by atoms with van der Waals surface area (Å²) < 4.78 is 5.29. The number of hydrogen-bond donors (Lipinski definition) is 1. The molecule has 1 N–H and O–H groups in total. The minimum Gasteiger partial charge on any atom is -0.390 e. The maximum atomic E-state index is 9.79. The molecule has 2 heteroatoms. The predicted molar refractivity (Wildman–Crippen MR) is 53.6 cm³/mol. The quantitative estimate of drug-likeness (QED) is 0.485. The second-order valence-electron chi connectivity index (χ2n) is 3.82. The van der Waals surface area contributed by atoms with E-state index in [0.29, 0.717) is 5.92 Å². The minimum absolute atomic E-state index is 0.0739. The Kier molecular flexibility index (Phi) is 4.46. The van der Waals surface area contributed by atoms with Crippen molar-refractivity contribution in [2.24, 2.45) is 5.92 Å². The number of aliphatic hydroxyl groups excluding tert-OH is 1. The monoisotopic (exact) mass is 184 g/mol. The lowest BCUT2D eigenvalue weighted by atomic mass is 10.0. The van der Waals surface area contributed by atoms with Gasteiger partial charge in [0.2, 0.25) is 0 Å². The standard InChI is InChI=1S/C11H20O2/c1-3-4-5-6-10(12)11(13-2)9-7-8-9/h3,9-12H,1,4-8H2,2H3. The molecular weight excluding hydrogens is 164 g/mol. The van der Waals surface area contributed by atoms with Gasteiger partial charge in [0.1, 0.15) is 0 Å². The lowest BCUT2D eigenvalue weighted by Crippen LogP contribution is -2.29. The Morgan fingerprint density at radius 2 is 2.31 bits per heavy atom. The van der Waals surface area contributed by atoms with Crippen LogP contribution in [-0.4, -0.2) is 24.4 Å². The second kappa shape index (κ2) is 5.40. The Balaban J connectivity index is 2.18. The van der Waals surface area contributed by atoms with Gasteiger partial charge in [-0.15, -0.1) is 6.58 Å². The topological polar surface area (TPSA) is 29.5 Å². The summed E-state index contributed by atoms with van der Waals surface area (Å²) >= 11 is 0. The highest BCUT2D eigenvalue weighted by Gasteiger charge is 2.35. The molecule has 0 aromatic carbocycles. The van der Waals surface area contributed by atoms with Gasteiger partial charge in [0, 0.05) is 7.11 Å². The summed E-state index contributed by atoms with van der Waals surface area (Å²) in [4.78, 5) is 0. The Morgan fingerprint density at radius 3 is 2.77 bits per heavy atom. The largest absolute Gasteiger partial charge is 0.390 e. The highest BCUT2D eigenvalue weighted by atomic mass is 16.5. The third-order valence-corrected chi connectivity index (χ3v) is 2.65. The van der Waals surface area contributed by atoms with Gasteiger partial charge in [0.25, 0.3) is 0 Å². The van der Waals surface area contributed by atoms with Gasteiger partial charge < -0.3 is 9.84 Å². The van der Waals surface area contributed by atoms with Crippen LogP contribution in [-0.2, 0) is 4.74 Å². The molecule has 0 bridgehead atoms. The molecule has 2 atom stereocenters. The second-order valence-corrected chi connectivity index (χ2v) is 3.82. The van der Waals surface area contributed by atoms with E-state index in [1.54, 1.807) is 7.11 Å². The summed E-state index contributed by atoms with van der Waals surface area (Å²) in [5, 5.41) is 9.79. The van der Waals surface area contributed by atoms with Crippen molar-refractivity contribution in [3.8, 4) is 0 Å². The molecule has 0 aromatic heterocycles. The van der Waals surface area contributed by atoms with Gasteiger partial charge in [-0.3, -0.25) is 0 Å². The van der Waals surface area contributed by atoms with Crippen molar-refractivity contribution in [2.75, 3.05) is 7.11 Å². The van der Waals surface area contributed by atoms with Gasteiger partial charge in [-0.2, -0.15) is 0 Å². The molecule has 1 rings (SSSR count). The lowest BCUT2D eigenvalue weighted by molar-refractivity contribution is -0.0285. The number of allylic oxidation sites excluding steroid dienone is 1. The fourth-order valence-corrected chi connectivity index (χ4v) is 1.72. The molecule has 76 valence electrons. The van der Waals surface area contributed by atoms with E-state index in [4.69, 9.17) is 4.74 Å². The molecule has 0 spiro atoms. The molecule has 0 saturated heterocycles. The molecule has 1 saturated carbocycles. The number of rotatable bonds is 7. The summed E-state index contributed by atoms with van der Waals surface area (Å²) in [5.74, 6) is 0.615. The summed E-state index contributed by atoms with van der Waals surface area (Å²) in [6.45, 7) is 3.66. The third kappa shape index (κ3) is 3.49. The zero-order chi connectivity index (χ0) is 9.68. The van der Waals surface area contributed by atoms with Crippen LogP contribution in [0.1, 0.15) is 32.1 Å². The zero-order valence-corrected chi connectivity index (χ0v) is 8.41. The van der Waals surface area contributed by atoms with Crippen LogP contribution >= 0.6 is 0 Å². The number of ether oxygens (including phenoxy) is 1. The molecule has 0 radical (unpaired) electrons. The molecule has 13 heavy (non-hydrogen) atoms. The zero-order valence-electron chi connectivity index (χ0n) is 8.41. The summed E-state index contributed by atoms with van der Waals surface area (Å²) in [6, 6.07) is 0. The van der Waals surface area contributed by atoms with E-state index in [1.165, 1.54) is 12.8 Å². The molecule has 2 unspecified atom stereocenters. The highest BCUT2D eigenvalue weighted by Crippen LogP contribution is 2.36. The molecular formula is C11H20O2. The SMILES string of the molecule is C=CCCCC(O)C(OC)C1CC1. The number of methoxy groups -OCH3 is 1. The molecule has 2 nitrogen and oxygen atoms in total. The normalized spacial score (nSPS) is 21.1. The molecule has 0 aromatic rings. The van der Waals surface area contributed by atoms with E-state index >= 15 is 0 Å². The first-order valence-electron chi connectivity index (χ1n) is 5.11. The summed E-state index contributed by atoms with van der Waals surface area (Å²) in [7, 11) is 1.69. The van der Waals surface area contributed by atoms with Crippen LogP contribution in [0, 0.1) is 5.92 Å². The molecule has 0 aliphatic heterocycles. The van der Waals surface area contributed by atoms with E-state index in [2.05, 4.69) is 6.58 Å². The summed E-state index contributed by atoms with van der Waals surface area (Å²) in [6.07, 6.45) is 6.96. The van der Waals surface area contributed by atoms with E-state index in [9.17, 15) is 5.11 Å². The number of aliphatic hydroxyl groups is 1. The van der Waals surface area contributed by atoms with Crippen LogP contribution in [0.4, 0.5) is 0 Å². The average Bonchev–Trinajstić information content (AvgIpc) is 2.90. The first kappa shape index (κ1) is 10.7. The van der Waals surface area contributed by atoms with Crippen molar-refractivity contribution in [3.63, 3.8) is 0 Å². The van der Waals surface area contributed by atoms with Crippen LogP contribution in [0.3, 0.4) is 0 Å². The van der Waals surface area contributed by atoms with E-state index in [0.717, 1.165) is 19.3 Å². The molecule has 1 aliphatic carbocycles. The van der Waals surface area contributed by atoms with Crippen molar-refractivity contribution in [2.45, 2.75) is 44.3 Å². The Labute approximate surface area is 80.6 Å². The van der Waals surface area contributed by atoms with Gasteiger partial charge in [-0.1, -0.05) is 6.08 Å². The average molecular weight is 184 g/mol. The van der Waals surface area contributed by atoms with Crippen molar-refractivity contribution in [1.29, 1.82) is 0 Å². The van der Waals surface area contributed by atoms with Gasteiger partial charge in [-0.05, 0) is 38.0 Å². The van der Waals surface area contributed by atoms with Crippen molar-refractivity contribution in [1.82, 2.24) is 0 Å². The van der Waals surface area contributed by atoms with E-state index in [1.807, 2.05) is 6.08 Å². The number of unbranched alkanes of at least 4 members (excludes halogenated alkanes) is 1. The van der Waals surface area contributed by atoms with Gasteiger partial charge in [-0.25, -0.2) is 0 Å². The molecule has 0 amide bonds. The van der Waals surface area contributed by atoms with Gasteiger partial charge in [0.15, 0.2) is 0 Å². The van der Waals surface area contributed by atoms with Gasteiger partial charge >= 0.3 is 0 Å². The number of hydrogen-bond acceptors (Lipinski definition) is 2. The summed E-state index contributed by atoms with van der Waals surface area (Å²) in [5.41, 5.74) is 0. The maximum Gasteiger partial charge on any atom is 0.0858 e. The van der Waals surface area contributed by atoms with Crippen molar-refractivity contribution >= 4 is 0 Å². The van der Waals surface area contributed by atoms with E-state index in [-0.39, 0.29) is 12.2 Å². The van der Waals surface area contributed by atoms with Crippen LogP contribution in [0.15, 0.2) is 12.7 Å². The predicted octanol–water partition coefficient (Wildman–Crippen LogP) is 2.13. The maximum absolute atomic E-state index is 9.79. The Bertz CT molecular complexity index is 152. The van der Waals surface area contributed by atoms with Crippen molar-refractivity contribution < 1.29 is 9.84 Å². The smallest absolute Gasteiger partial charge is 0.0858 e.